The molecule has 1 aromatic carbocycles. The first-order valence-electron chi connectivity index (χ1n) is 5.97. The van der Waals surface area contributed by atoms with Crippen LogP contribution in [0.2, 0.25) is 0 Å². The molecule has 0 aliphatic rings. The van der Waals surface area contributed by atoms with Crippen molar-refractivity contribution in [2.45, 2.75) is 32.7 Å². The van der Waals surface area contributed by atoms with E-state index in [1.807, 2.05) is 26.0 Å². The van der Waals surface area contributed by atoms with Gasteiger partial charge in [0.05, 0.1) is 6.42 Å². The Hall–Kier alpha value is -1.56. The van der Waals surface area contributed by atoms with Gasteiger partial charge in [0.25, 0.3) is 0 Å². The minimum Gasteiger partial charge on any atom is -0.481 e. The number of benzene rings is 1. The Bertz CT molecular complexity index is 477. The number of urea groups is 1. The molecule has 0 aliphatic carbocycles. The molecular weight excluding hydrogens is 312 g/mol. The van der Waals surface area contributed by atoms with E-state index in [-0.39, 0.29) is 12.5 Å². The van der Waals surface area contributed by atoms with Crippen molar-refractivity contribution in [3.05, 3.63) is 28.2 Å². The maximum absolute atomic E-state index is 11.7. The zero-order chi connectivity index (χ0) is 14.4. The molecule has 0 fully saturated rings. The lowest BCUT2D eigenvalue weighted by molar-refractivity contribution is -0.137. The Kier molecular flexibility index (Phi) is 5.82. The highest BCUT2D eigenvalue weighted by molar-refractivity contribution is 9.10. The number of amides is 2. The molecular formula is C13H17BrN2O3. The van der Waals surface area contributed by atoms with Gasteiger partial charge < -0.3 is 15.7 Å². The summed E-state index contributed by atoms with van der Waals surface area (Å²) in [5.41, 5.74) is 1.68. The number of anilines is 1. The summed E-state index contributed by atoms with van der Waals surface area (Å²) >= 11 is 3.38. The number of carbonyl (C=O) groups excluding carboxylic acids is 1. The third-order valence-corrected chi connectivity index (χ3v) is 3.55. The molecule has 104 valence electrons. The number of halogens is 1. The number of rotatable bonds is 5. The molecule has 0 aliphatic heterocycles. The van der Waals surface area contributed by atoms with Crippen LogP contribution in [0, 0.1) is 6.92 Å². The Morgan fingerprint density at radius 3 is 2.63 bits per heavy atom. The lowest BCUT2D eigenvalue weighted by Gasteiger charge is -2.15. The van der Waals surface area contributed by atoms with Gasteiger partial charge in [-0.05, 0) is 37.1 Å². The van der Waals surface area contributed by atoms with Crippen LogP contribution in [-0.2, 0) is 4.79 Å². The summed E-state index contributed by atoms with van der Waals surface area (Å²) < 4.78 is 0.968. The molecule has 1 aromatic rings. The number of carboxylic acid groups (broad SMARTS) is 1. The summed E-state index contributed by atoms with van der Waals surface area (Å²) in [6.45, 7) is 3.75. The molecule has 0 radical (unpaired) electrons. The largest absolute Gasteiger partial charge is 0.481 e. The average molecular weight is 329 g/mol. The maximum atomic E-state index is 11.7. The Labute approximate surface area is 120 Å². The van der Waals surface area contributed by atoms with Gasteiger partial charge in [-0.15, -0.1) is 0 Å². The lowest BCUT2D eigenvalue weighted by Crippen LogP contribution is -2.38. The van der Waals surface area contributed by atoms with Gasteiger partial charge in [0, 0.05) is 16.2 Å². The first kappa shape index (κ1) is 15.5. The van der Waals surface area contributed by atoms with E-state index in [4.69, 9.17) is 5.11 Å². The molecule has 0 saturated carbocycles. The molecule has 6 heteroatoms. The monoisotopic (exact) mass is 328 g/mol. The van der Waals surface area contributed by atoms with Crippen molar-refractivity contribution < 1.29 is 14.7 Å². The van der Waals surface area contributed by atoms with Crippen LogP contribution in [0.1, 0.15) is 25.3 Å². The molecule has 19 heavy (non-hydrogen) atoms. The van der Waals surface area contributed by atoms with Crippen LogP contribution >= 0.6 is 15.9 Å². The van der Waals surface area contributed by atoms with Crippen molar-refractivity contribution >= 4 is 33.6 Å². The van der Waals surface area contributed by atoms with E-state index >= 15 is 0 Å². The second-order valence-electron chi connectivity index (χ2n) is 4.27. The van der Waals surface area contributed by atoms with Crippen molar-refractivity contribution in [3.63, 3.8) is 0 Å². The molecule has 1 rings (SSSR count). The fourth-order valence-corrected chi connectivity index (χ4v) is 1.83. The summed E-state index contributed by atoms with van der Waals surface area (Å²) in [6, 6.07) is 4.69. The van der Waals surface area contributed by atoms with Crippen molar-refractivity contribution in [3.8, 4) is 0 Å². The van der Waals surface area contributed by atoms with Crippen LogP contribution in [0.5, 0.6) is 0 Å². The summed E-state index contributed by atoms with van der Waals surface area (Å²) in [4.78, 5) is 22.3. The molecule has 1 unspecified atom stereocenters. The fraction of sp³-hybridized carbons (Fsp3) is 0.385. The highest BCUT2D eigenvalue weighted by atomic mass is 79.9. The van der Waals surface area contributed by atoms with Crippen LogP contribution in [0.25, 0.3) is 0 Å². The zero-order valence-electron chi connectivity index (χ0n) is 10.9. The molecule has 0 spiro atoms. The Balaban J connectivity index is 2.58. The topological polar surface area (TPSA) is 78.4 Å². The van der Waals surface area contributed by atoms with Gasteiger partial charge in [0.2, 0.25) is 0 Å². The van der Waals surface area contributed by atoms with Crippen molar-refractivity contribution in [2.24, 2.45) is 0 Å². The van der Waals surface area contributed by atoms with E-state index in [1.54, 1.807) is 6.07 Å². The van der Waals surface area contributed by atoms with E-state index < -0.39 is 12.0 Å². The quantitative estimate of drug-likeness (QED) is 0.776. The Morgan fingerprint density at radius 1 is 1.42 bits per heavy atom. The second-order valence-corrected chi connectivity index (χ2v) is 5.12. The SMILES string of the molecule is CCC(CC(=O)O)NC(=O)Nc1ccc(Br)c(C)c1. The first-order valence-corrected chi connectivity index (χ1v) is 6.77. The van der Waals surface area contributed by atoms with E-state index in [1.165, 1.54) is 0 Å². The summed E-state index contributed by atoms with van der Waals surface area (Å²) in [7, 11) is 0. The highest BCUT2D eigenvalue weighted by Crippen LogP contribution is 2.19. The predicted octanol–water partition coefficient (Wildman–Crippen LogP) is 3.13. The van der Waals surface area contributed by atoms with Crippen LogP contribution < -0.4 is 10.6 Å². The average Bonchev–Trinajstić information content (AvgIpc) is 2.32. The second kappa shape index (κ2) is 7.13. The molecule has 0 bridgehead atoms. The summed E-state index contributed by atoms with van der Waals surface area (Å²) in [6.07, 6.45) is 0.488. The number of hydrogen-bond acceptors (Lipinski definition) is 2. The van der Waals surface area contributed by atoms with Gasteiger partial charge in [0.1, 0.15) is 0 Å². The molecule has 2 amide bonds. The van der Waals surface area contributed by atoms with Gasteiger partial charge in [0.15, 0.2) is 0 Å². The molecule has 3 N–H and O–H groups in total. The zero-order valence-corrected chi connectivity index (χ0v) is 12.5. The van der Waals surface area contributed by atoms with Crippen LogP contribution in [0.3, 0.4) is 0 Å². The van der Waals surface area contributed by atoms with E-state index in [2.05, 4.69) is 26.6 Å². The normalized spacial score (nSPS) is 11.7. The maximum Gasteiger partial charge on any atom is 0.319 e. The van der Waals surface area contributed by atoms with Gasteiger partial charge in [-0.3, -0.25) is 4.79 Å². The summed E-state index contributed by atoms with van der Waals surface area (Å²) in [5.74, 6) is -0.924. The number of aliphatic carboxylic acids is 1. The van der Waals surface area contributed by atoms with Gasteiger partial charge in [-0.25, -0.2) is 4.79 Å². The standard InChI is InChI=1S/C13H17BrN2O3/c1-3-9(7-12(17)18)15-13(19)16-10-4-5-11(14)8(2)6-10/h4-6,9H,3,7H2,1-2H3,(H,17,18)(H2,15,16,19). The van der Waals surface area contributed by atoms with Crippen molar-refractivity contribution in [1.82, 2.24) is 5.32 Å². The van der Waals surface area contributed by atoms with Crippen molar-refractivity contribution in [2.75, 3.05) is 5.32 Å². The Morgan fingerprint density at radius 2 is 2.11 bits per heavy atom. The number of carbonyl (C=O) groups is 2. The predicted molar refractivity (Wildman–Crippen MR) is 77.4 cm³/mol. The minimum atomic E-state index is -0.924. The van der Waals surface area contributed by atoms with E-state index in [0.717, 1.165) is 10.0 Å². The smallest absolute Gasteiger partial charge is 0.319 e. The molecule has 0 saturated heterocycles. The van der Waals surface area contributed by atoms with Crippen LogP contribution in [0.4, 0.5) is 10.5 Å². The molecule has 1 atom stereocenters. The van der Waals surface area contributed by atoms with Gasteiger partial charge >= 0.3 is 12.0 Å². The molecule has 5 nitrogen and oxygen atoms in total. The van der Waals surface area contributed by atoms with Crippen molar-refractivity contribution in [1.29, 1.82) is 0 Å². The van der Waals surface area contributed by atoms with Crippen LogP contribution in [0.15, 0.2) is 22.7 Å². The third kappa shape index (κ3) is 5.30. The summed E-state index contributed by atoms with van der Waals surface area (Å²) in [5, 5.41) is 14.0. The first-order chi connectivity index (χ1) is 8.92. The number of carboxylic acids is 1. The van der Waals surface area contributed by atoms with Crippen LogP contribution in [-0.4, -0.2) is 23.1 Å². The fourth-order valence-electron chi connectivity index (χ4n) is 1.58. The highest BCUT2D eigenvalue weighted by Gasteiger charge is 2.14. The van der Waals surface area contributed by atoms with Gasteiger partial charge in [-0.1, -0.05) is 22.9 Å². The third-order valence-electron chi connectivity index (χ3n) is 2.66. The van der Waals surface area contributed by atoms with E-state index in [0.29, 0.717) is 12.1 Å². The minimum absolute atomic E-state index is 0.0801. The number of aryl methyl sites for hydroxylation is 1. The number of hydrogen-bond donors (Lipinski definition) is 3. The van der Waals surface area contributed by atoms with Gasteiger partial charge in [-0.2, -0.15) is 0 Å². The van der Waals surface area contributed by atoms with E-state index in [9.17, 15) is 9.59 Å². The number of nitrogens with one attached hydrogen (secondary N) is 2. The molecule has 0 heterocycles. The molecule has 0 aromatic heterocycles. The lowest BCUT2D eigenvalue weighted by atomic mass is 10.1.